The van der Waals surface area contributed by atoms with Crippen molar-refractivity contribution in [3.05, 3.63) is 59.2 Å². The van der Waals surface area contributed by atoms with E-state index < -0.39 is 23.5 Å². The van der Waals surface area contributed by atoms with Crippen molar-refractivity contribution >= 4 is 0 Å². The normalized spacial score (nSPS) is 12.2. The number of halogens is 3. The van der Waals surface area contributed by atoms with Gasteiger partial charge < -0.3 is 10.1 Å². The molecule has 0 spiro atoms. The summed E-state index contributed by atoms with van der Waals surface area (Å²) < 4.78 is 46.3. The number of hydrogen-bond donors (Lipinski definition) is 1. The second kappa shape index (κ2) is 6.58. The molecule has 0 radical (unpaired) electrons. The topological polar surface area (TPSA) is 34.2 Å². The second-order valence-corrected chi connectivity index (χ2v) is 4.36. The van der Waals surface area contributed by atoms with Crippen LogP contribution in [0, 0.1) is 17.5 Å². The lowest BCUT2D eigenvalue weighted by atomic mass is 10.0. The third kappa shape index (κ3) is 3.16. The van der Waals surface area contributed by atoms with Gasteiger partial charge >= 0.3 is 0 Å². The molecule has 0 aliphatic carbocycles. The molecule has 0 aliphatic heterocycles. The SMILES string of the molecule is CCNC(c1ncccc1OC)c1c(F)cc(F)cc1F. The van der Waals surface area contributed by atoms with Crippen LogP contribution < -0.4 is 10.1 Å². The van der Waals surface area contributed by atoms with E-state index in [-0.39, 0.29) is 5.56 Å². The minimum absolute atomic E-state index is 0.282. The quantitative estimate of drug-likeness (QED) is 0.920. The summed E-state index contributed by atoms with van der Waals surface area (Å²) in [5, 5.41) is 2.95. The third-order valence-electron chi connectivity index (χ3n) is 3.03. The zero-order chi connectivity index (χ0) is 15.4. The van der Waals surface area contributed by atoms with E-state index in [4.69, 9.17) is 4.74 Å². The number of pyridine rings is 1. The molecule has 0 fully saturated rings. The van der Waals surface area contributed by atoms with Crippen molar-refractivity contribution in [1.82, 2.24) is 10.3 Å². The highest BCUT2D eigenvalue weighted by Crippen LogP contribution is 2.31. The lowest BCUT2D eigenvalue weighted by molar-refractivity contribution is 0.397. The van der Waals surface area contributed by atoms with E-state index in [1.54, 1.807) is 19.1 Å². The second-order valence-electron chi connectivity index (χ2n) is 4.36. The number of nitrogens with zero attached hydrogens (tertiary/aromatic N) is 1. The van der Waals surface area contributed by atoms with Gasteiger partial charge in [-0.3, -0.25) is 4.98 Å². The molecule has 1 aromatic heterocycles. The molecule has 1 aromatic carbocycles. The number of methoxy groups -OCH3 is 1. The Hall–Kier alpha value is -2.08. The lowest BCUT2D eigenvalue weighted by Crippen LogP contribution is -2.25. The zero-order valence-corrected chi connectivity index (χ0v) is 11.7. The molecule has 0 bridgehead atoms. The Balaban J connectivity index is 2.59. The zero-order valence-electron chi connectivity index (χ0n) is 11.7. The van der Waals surface area contributed by atoms with Gasteiger partial charge in [0, 0.05) is 23.9 Å². The molecule has 3 nitrogen and oxygen atoms in total. The maximum Gasteiger partial charge on any atom is 0.142 e. The monoisotopic (exact) mass is 296 g/mol. The van der Waals surface area contributed by atoms with Crippen molar-refractivity contribution in [3.63, 3.8) is 0 Å². The van der Waals surface area contributed by atoms with Crippen LogP contribution in [0.15, 0.2) is 30.5 Å². The fourth-order valence-electron chi connectivity index (χ4n) is 2.16. The van der Waals surface area contributed by atoms with Gasteiger partial charge in [-0.2, -0.15) is 0 Å². The summed E-state index contributed by atoms with van der Waals surface area (Å²) in [6.07, 6.45) is 1.50. The summed E-state index contributed by atoms with van der Waals surface area (Å²) in [4.78, 5) is 4.13. The Morgan fingerprint density at radius 2 is 1.90 bits per heavy atom. The van der Waals surface area contributed by atoms with Gasteiger partial charge in [0.25, 0.3) is 0 Å². The maximum atomic E-state index is 14.0. The first-order chi connectivity index (χ1) is 10.1. The summed E-state index contributed by atoms with van der Waals surface area (Å²) in [5.41, 5.74) is 0.0570. The summed E-state index contributed by atoms with van der Waals surface area (Å²) >= 11 is 0. The van der Waals surface area contributed by atoms with Crippen LogP contribution in [0.3, 0.4) is 0 Å². The lowest BCUT2D eigenvalue weighted by Gasteiger charge is -2.21. The van der Waals surface area contributed by atoms with Gasteiger partial charge in [0.15, 0.2) is 0 Å². The molecule has 21 heavy (non-hydrogen) atoms. The van der Waals surface area contributed by atoms with Gasteiger partial charge in [-0.25, -0.2) is 13.2 Å². The van der Waals surface area contributed by atoms with Crippen LogP contribution in [0.25, 0.3) is 0 Å². The van der Waals surface area contributed by atoms with E-state index in [0.29, 0.717) is 30.1 Å². The number of rotatable bonds is 5. The molecule has 1 heterocycles. The van der Waals surface area contributed by atoms with Crippen molar-refractivity contribution in [3.8, 4) is 5.75 Å². The Morgan fingerprint density at radius 1 is 1.24 bits per heavy atom. The van der Waals surface area contributed by atoms with Gasteiger partial charge in [-0.05, 0) is 18.7 Å². The Kier molecular flexibility index (Phi) is 4.80. The average molecular weight is 296 g/mol. The van der Waals surface area contributed by atoms with Gasteiger partial charge in [0.1, 0.15) is 28.9 Å². The standard InChI is InChI=1S/C15H15F3N2O/c1-3-19-15(14-12(21-2)5-4-6-20-14)13-10(17)7-9(16)8-11(13)18/h4-8,15,19H,3H2,1-2H3. The van der Waals surface area contributed by atoms with Crippen molar-refractivity contribution < 1.29 is 17.9 Å². The van der Waals surface area contributed by atoms with E-state index in [1.165, 1.54) is 13.3 Å². The predicted octanol–water partition coefficient (Wildman–Crippen LogP) is 3.21. The molecule has 0 amide bonds. The molecule has 0 saturated heterocycles. The van der Waals surface area contributed by atoms with Crippen LogP contribution in [-0.2, 0) is 0 Å². The third-order valence-corrected chi connectivity index (χ3v) is 3.03. The summed E-state index contributed by atoms with van der Waals surface area (Å²) in [6, 6.07) is 3.73. The van der Waals surface area contributed by atoms with E-state index in [9.17, 15) is 13.2 Å². The molecule has 112 valence electrons. The predicted molar refractivity (Wildman–Crippen MR) is 72.6 cm³/mol. The first-order valence-electron chi connectivity index (χ1n) is 6.45. The highest BCUT2D eigenvalue weighted by Gasteiger charge is 2.26. The van der Waals surface area contributed by atoms with E-state index in [2.05, 4.69) is 10.3 Å². The fraction of sp³-hybridized carbons (Fsp3) is 0.267. The number of aromatic nitrogens is 1. The molecule has 0 aliphatic rings. The van der Waals surface area contributed by atoms with Crippen molar-refractivity contribution in [2.24, 2.45) is 0 Å². The molecule has 0 saturated carbocycles. The number of hydrogen-bond acceptors (Lipinski definition) is 3. The fourth-order valence-corrected chi connectivity index (χ4v) is 2.16. The molecule has 1 atom stereocenters. The average Bonchev–Trinajstić information content (AvgIpc) is 2.45. The van der Waals surface area contributed by atoms with E-state index in [1.807, 2.05) is 0 Å². The van der Waals surface area contributed by atoms with Crippen LogP contribution in [-0.4, -0.2) is 18.6 Å². The van der Waals surface area contributed by atoms with E-state index in [0.717, 1.165) is 0 Å². The van der Waals surface area contributed by atoms with Crippen LogP contribution in [0.4, 0.5) is 13.2 Å². The Morgan fingerprint density at radius 3 is 2.48 bits per heavy atom. The largest absolute Gasteiger partial charge is 0.495 e. The first-order valence-corrected chi connectivity index (χ1v) is 6.45. The number of ether oxygens (including phenoxy) is 1. The van der Waals surface area contributed by atoms with Crippen LogP contribution in [0.2, 0.25) is 0 Å². The highest BCUT2D eigenvalue weighted by atomic mass is 19.1. The maximum absolute atomic E-state index is 14.0. The van der Waals surface area contributed by atoms with Crippen LogP contribution in [0.5, 0.6) is 5.75 Å². The van der Waals surface area contributed by atoms with Crippen molar-refractivity contribution in [2.75, 3.05) is 13.7 Å². The molecule has 2 rings (SSSR count). The van der Waals surface area contributed by atoms with Gasteiger partial charge in [0.05, 0.1) is 13.2 Å². The smallest absolute Gasteiger partial charge is 0.142 e. The molecule has 1 unspecified atom stereocenters. The molecule has 2 aromatic rings. The number of nitrogens with one attached hydrogen (secondary N) is 1. The first kappa shape index (κ1) is 15.3. The molecular formula is C15H15F3N2O. The van der Waals surface area contributed by atoms with Crippen LogP contribution >= 0.6 is 0 Å². The van der Waals surface area contributed by atoms with Crippen LogP contribution in [0.1, 0.15) is 24.2 Å². The Labute approximate surface area is 120 Å². The van der Waals surface area contributed by atoms with Crippen molar-refractivity contribution in [2.45, 2.75) is 13.0 Å². The summed E-state index contributed by atoms with van der Waals surface area (Å²) in [6.45, 7) is 2.24. The molecule has 6 heteroatoms. The summed E-state index contributed by atoms with van der Waals surface area (Å²) in [7, 11) is 1.45. The van der Waals surface area contributed by atoms with Gasteiger partial charge in [0.2, 0.25) is 0 Å². The molecular weight excluding hydrogens is 281 g/mol. The Bertz CT molecular complexity index is 611. The van der Waals surface area contributed by atoms with Gasteiger partial charge in [-0.15, -0.1) is 0 Å². The van der Waals surface area contributed by atoms with E-state index >= 15 is 0 Å². The highest BCUT2D eigenvalue weighted by molar-refractivity contribution is 5.38. The minimum atomic E-state index is -0.967. The summed E-state index contributed by atoms with van der Waals surface area (Å²) in [5.74, 6) is -2.50. The molecule has 1 N–H and O–H groups in total. The number of benzene rings is 1. The minimum Gasteiger partial charge on any atom is -0.495 e. The van der Waals surface area contributed by atoms with Crippen molar-refractivity contribution in [1.29, 1.82) is 0 Å². The van der Waals surface area contributed by atoms with Gasteiger partial charge in [-0.1, -0.05) is 6.92 Å².